The van der Waals surface area contributed by atoms with Crippen LogP contribution < -0.4 is 0 Å². The van der Waals surface area contributed by atoms with Crippen molar-refractivity contribution in [3.05, 3.63) is 35.9 Å². The summed E-state index contributed by atoms with van der Waals surface area (Å²) in [4.78, 5) is 0.551. The molecule has 0 amide bonds. The lowest BCUT2D eigenvalue weighted by molar-refractivity contribution is 0.0181. The summed E-state index contributed by atoms with van der Waals surface area (Å²) in [7, 11) is 0. The molecule has 0 spiro atoms. The molecule has 1 nitrogen and oxygen atoms in total. The number of aryl methyl sites for hydroxylation is 1. The maximum Gasteiger partial charge on any atom is 0.0703 e. The summed E-state index contributed by atoms with van der Waals surface area (Å²) < 4.78 is 5.77. The normalized spacial score (nSPS) is 26.5. The summed E-state index contributed by atoms with van der Waals surface area (Å²) in [5, 5.41) is 0. The van der Waals surface area contributed by atoms with Crippen molar-refractivity contribution in [2.24, 2.45) is 0 Å². The summed E-state index contributed by atoms with van der Waals surface area (Å²) in [6, 6.07) is 10.6. The van der Waals surface area contributed by atoms with E-state index in [9.17, 15) is 0 Å². The van der Waals surface area contributed by atoms with Crippen LogP contribution in [0.5, 0.6) is 0 Å². The van der Waals surface area contributed by atoms with E-state index in [4.69, 9.17) is 4.74 Å². The van der Waals surface area contributed by atoms with E-state index in [1.807, 2.05) is 0 Å². The van der Waals surface area contributed by atoms with Crippen LogP contribution in [0.2, 0.25) is 0 Å². The van der Waals surface area contributed by atoms with Gasteiger partial charge in [-0.25, -0.2) is 0 Å². The van der Waals surface area contributed by atoms with E-state index in [1.165, 1.54) is 18.4 Å². The van der Waals surface area contributed by atoms with E-state index in [1.54, 1.807) is 0 Å². The number of alkyl halides is 1. The molecule has 0 aliphatic carbocycles. The van der Waals surface area contributed by atoms with E-state index in [0.717, 1.165) is 19.4 Å². The quantitative estimate of drug-likeness (QED) is 0.762. The summed E-state index contributed by atoms with van der Waals surface area (Å²) in [6.45, 7) is 0.932. The smallest absolute Gasteiger partial charge is 0.0703 e. The standard InChI is InChI=1S/C13H17BrO/c14-12-7-4-10-15-13(12)9-8-11-5-2-1-3-6-11/h1-3,5-6,12-13H,4,7-10H2/t12-,13+/m0/s1. The number of benzene rings is 1. The predicted molar refractivity (Wildman–Crippen MR) is 66.5 cm³/mol. The third-order valence-corrected chi connectivity index (χ3v) is 3.97. The number of ether oxygens (including phenoxy) is 1. The first-order valence-corrected chi connectivity index (χ1v) is 6.57. The fourth-order valence-corrected chi connectivity index (χ4v) is 2.76. The van der Waals surface area contributed by atoms with Crippen LogP contribution in [0.4, 0.5) is 0 Å². The van der Waals surface area contributed by atoms with E-state index in [-0.39, 0.29) is 0 Å². The molecule has 1 aromatic rings. The topological polar surface area (TPSA) is 9.23 Å². The molecule has 0 radical (unpaired) electrons. The van der Waals surface area contributed by atoms with Crippen molar-refractivity contribution in [3.63, 3.8) is 0 Å². The zero-order chi connectivity index (χ0) is 10.5. The molecule has 1 aliphatic rings. The van der Waals surface area contributed by atoms with Crippen LogP contribution in [0.3, 0.4) is 0 Å². The molecule has 1 aliphatic heterocycles. The highest BCUT2D eigenvalue weighted by molar-refractivity contribution is 9.09. The Balaban J connectivity index is 1.82. The van der Waals surface area contributed by atoms with Gasteiger partial charge in [-0.2, -0.15) is 0 Å². The Morgan fingerprint density at radius 3 is 2.80 bits per heavy atom. The molecule has 0 unspecified atom stereocenters. The lowest BCUT2D eigenvalue weighted by atomic mass is 10.0. The first-order chi connectivity index (χ1) is 7.36. The summed E-state index contributed by atoms with van der Waals surface area (Å²) in [5.74, 6) is 0. The Morgan fingerprint density at radius 2 is 2.07 bits per heavy atom. The average Bonchev–Trinajstić information content (AvgIpc) is 2.29. The fraction of sp³-hybridized carbons (Fsp3) is 0.538. The second-order valence-corrected chi connectivity index (χ2v) is 5.27. The van der Waals surface area contributed by atoms with Crippen LogP contribution in [0, 0.1) is 0 Å². The van der Waals surface area contributed by atoms with Gasteiger partial charge in [-0.1, -0.05) is 46.3 Å². The lowest BCUT2D eigenvalue weighted by Gasteiger charge is -2.27. The fourth-order valence-electron chi connectivity index (χ4n) is 2.02. The molecule has 0 saturated carbocycles. The molecule has 1 fully saturated rings. The van der Waals surface area contributed by atoms with E-state index < -0.39 is 0 Å². The number of hydrogen-bond acceptors (Lipinski definition) is 1. The van der Waals surface area contributed by atoms with Crippen molar-refractivity contribution < 1.29 is 4.74 Å². The SMILES string of the molecule is Br[C@H]1CCCO[C@@H]1CCc1ccccc1. The van der Waals surface area contributed by atoms with Crippen LogP contribution in [0.15, 0.2) is 30.3 Å². The zero-order valence-corrected chi connectivity index (χ0v) is 10.4. The van der Waals surface area contributed by atoms with Gasteiger partial charge < -0.3 is 4.74 Å². The number of halogens is 1. The van der Waals surface area contributed by atoms with Gasteiger partial charge in [0.05, 0.1) is 6.10 Å². The molecule has 0 bridgehead atoms. The first kappa shape index (κ1) is 11.2. The van der Waals surface area contributed by atoms with Crippen molar-refractivity contribution >= 4 is 15.9 Å². The van der Waals surface area contributed by atoms with Gasteiger partial charge in [0.15, 0.2) is 0 Å². The highest BCUT2D eigenvalue weighted by atomic mass is 79.9. The van der Waals surface area contributed by atoms with E-state index in [0.29, 0.717) is 10.9 Å². The maximum atomic E-state index is 5.77. The van der Waals surface area contributed by atoms with Gasteiger partial charge in [-0.15, -0.1) is 0 Å². The zero-order valence-electron chi connectivity index (χ0n) is 8.86. The van der Waals surface area contributed by atoms with Crippen LogP contribution >= 0.6 is 15.9 Å². The highest BCUT2D eigenvalue weighted by Crippen LogP contribution is 2.24. The van der Waals surface area contributed by atoms with Gasteiger partial charge in [0.2, 0.25) is 0 Å². The molecular formula is C13H17BrO. The van der Waals surface area contributed by atoms with Gasteiger partial charge in [-0.3, -0.25) is 0 Å². The Labute approximate surface area is 100.0 Å². The second-order valence-electron chi connectivity index (χ2n) is 4.09. The summed E-state index contributed by atoms with van der Waals surface area (Å²) in [5.41, 5.74) is 1.41. The Kier molecular flexibility index (Phi) is 4.21. The van der Waals surface area contributed by atoms with Crippen molar-refractivity contribution in [2.75, 3.05) is 6.61 Å². The van der Waals surface area contributed by atoms with Gasteiger partial charge >= 0.3 is 0 Å². The predicted octanol–water partition coefficient (Wildman–Crippen LogP) is 3.56. The number of rotatable bonds is 3. The van der Waals surface area contributed by atoms with E-state index >= 15 is 0 Å². The van der Waals surface area contributed by atoms with Gasteiger partial charge in [-0.05, 0) is 31.2 Å². The molecule has 2 rings (SSSR count). The maximum absolute atomic E-state index is 5.77. The Hall–Kier alpha value is -0.340. The molecule has 15 heavy (non-hydrogen) atoms. The van der Waals surface area contributed by atoms with Crippen molar-refractivity contribution in [2.45, 2.75) is 36.6 Å². The molecule has 0 aromatic heterocycles. The molecule has 1 heterocycles. The summed E-state index contributed by atoms with van der Waals surface area (Å²) in [6.07, 6.45) is 5.09. The van der Waals surface area contributed by atoms with Gasteiger partial charge in [0.25, 0.3) is 0 Å². The molecule has 1 saturated heterocycles. The molecule has 1 aromatic carbocycles. The van der Waals surface area contributed by atoms with Crippen LogP contribution in [0.1, 0.15) is 24.8 Å². The average molecular weight is 269 g/mol. The minimum atomic E-state index is 0.402. The third kappa shape index (κ3) is 3.32. The van der Waals surface area contributed by atoms with E-state index in [2.05, 4.69) is 46.3 Å². The van der Waals surface area contributed by atoms with Gasteiger partial charge in [0, 0.05) is 11.4 Å². The Morgan fingerprint density at radius 1 is 1.27 bits per heavy atom. The molecule has 82 valence electrons. The second kappa shape index (κ2) is 5.66. The lowest BCUT2D eigenvalue weighted by Crippen LogP contribution is -2.30. The highest BCUT2D eigenvalue weighted by Gasteiger charge is 2.22. The largest absolute Gasteiger partial charge is 0.377 e. The summed E-state index contributed by atoms with van der Waals surface area (Å²) >= 11 is 3.70. The number of hydrogen-bond donors (Lipinski definition) is 0. The third-order valence-electron chi connectivity index (χ3n) is 2.92. The minimum Gasteiger partial charge on any atom is -0.377 e. The van der Waals surface area contributed by atoms with Crippen LogP contribution in [-0.2, 0) is 11.2 Å². The first-order valence-electron chi connectivity index (χ1n) is 5.66. The molecule has 2 heteroatoms. The van der Waals surface area contributed by atoms with Crippen LogP contribution in [-0.4, -0.2) is 17.5 Å². The van der Waals surface area contributed by atoms with Crippen molar-refractivity contribution in [1.29, 1.82) is 0 Å². The van der Waals surface area contributed by atoms with Crippen molar-refractivity contribution in [1.82, 2.24) is 0 Å². The van der Waals surface area contributed by atoms with Crippen molar-refractivity contribution in [3.8, 4) is 0 Å². The Bertz CT molecular complexity index is 286. The monoisotopic (exact) mass is 268 g/mol. The molecule has 0 N–H and O–H groups in total. The molecular weight excluding hydrogens is 252 g/mol. The minimum absolute atomic E-state index is 0.402. The van der Waals surface area contributed by atoms with Crippen LogP contribution in [0.25, 0.3) is 0 Å². The molecule has 2 atom stereocenters. The van der Waals surface area contributed by atoms with Gasteiger partial charge in [0.1, 0.15) is 0 Å².